The molecule has 1 aromatic carbocycles. The second-order valence-corrected chi connectivity index (χ2v) is 5.81. The van der Waals surface area contributed by atoms with Crippen LogP contribution in [0.2, 0.25) is 0 Å². The van der Waals surface area contributed by atoms with E-state index in [1.807, 2.05) is 13.1 Å². The molecule has 0 unspecified atom stereocenters. The second-order valence-electron chi connectivity index (χ2n) is 5.81. The molecule has 1 amide bonds. The summed E-state index contributed by atoms with van der Waals surface area (Å²) in [5, 5.41) is 3.03. The SMILES string of the molecule is Cc1cn2c(n1)CC[C@H](NC(=O)CCOc1cccc(F)c1)C2. The van der Waals surface area contributed by atoms with Gasteiger partial charge in [0.2, 0.25) is 5.91 Å². The van der Waals surface area contributed by atoms with Gasteiger partial charge in [-0.15, -0.1) is 0 Å². The van der Waals surface area contributed by atoms with Crippen LogP contribution < -0.4 is 10.1 Å². The summed E-state index contributed by atoms with van der Waals surface area (Å²) in [4.78, 5) is 16.5. The van der Waals surface area contributed by atoms with Gasteiger partial charge in [-0.25, -0.2) is 9.37 Å². The van der Waals surface area contributed by atoms with Crippen LogP contribution in [0.25, 0.3) is 0 Å². The van der Waals surface area contributed by atoms with E-state index in [0.29, 0.717) is 5.75 Å². The van der Waals surface area contributed by atoms with E-state index in [0.717, 1.165) is 30.9 Å². The lowest BCUT2D eigenvalue weighted by Crippen LogP contribution is -2.41. The van der Waals surface area contributed by atoms with Gasteiger partial charge in [0.15, 0.2) is 0 Å². The molecule has 2 heterocycles. The Labute approximate surface area is 134 Å². The highest BCUT2D eigenvalue weighted by Crippen LogP contribution is 2.15. The van der Waals surface area contributed by atoms with Gasteiger partial charge >= 0.3 is 0 Å². The zero-order valence-corrected chi connectivity index (χ0v) is 13.1. The summed E-state index contributed by atoms with van der Waals surface area (Å²) >= 11 is 0. The highest BCUT2D eigenvalue weighted by atomic mass is 19.1. The molecule has 6 heteroatoms. The summed E-state index contributed by atoms with van der Waals surface area (Å²) in [6.07, 6.45) is 4.04. The zero-order valence-electron chi connectivity index (χ0n) is 13.1. The Hall–Kier alpha value is -2.37. The molecule has 1 aliphatic rings. The molecule has 23 heavy (non-hydrogen) atoms. The number of halogens is 1. The number of rotatable bonds is 5. The average Bonchev–Trinajstić information content (AvgIpc) is 2.86. The molecule has 1 atom stereocenters. The normalized spacial score (nSPS) is 16.7. The molecule has 122 valence electrons. The molecule has 0 saturated heterocycles. The number of ether oxygens (including phenoxy) is 1. The van der Waals surface area contributed by atoms with Gasteiger partial charge in [-0.2, -0.15) is 0 Å². The highest BCUT2D eigenvalue weighted by Gasteiger charge is 2.21. The van der Waals surface area contributed by atoms with Crippen LogP contribution in [-0.2, 0) is 17.8 Å². The molecule has 2 aromatic rings. The van der Waals surface area contributed by atoms with Gasteiger partial charge in [0, 0.05) is 31.3 Å². The van der Waals surface area contributed by atoms with Crippen LogP contribution in [0.5, 0.6) is 5.75 Å². The van der Waals surface area contributed by atoms with Crippen LogP contribution in [0.1, 0.15) is 24.4 Å². The number of hydrogen-bond acceptors (Lipinski definition) is 3. The first-order chi connectivity index (χ1) is 11.1. The minimum atomic E-state index is -0.347. The van der Waals surface area contributed by atoms with E-state index >= 15 is 0 Å². The average molecular weight is 317 g/mol. The number of nitrogens with one attached hydrogen (secondary N) is 1. The minimum Gasteiger partial charge on any atom is -0.493 e. The fourth-order valence-corrected chi connectivity index (χ4v) is 2.82. The van der Waals surface area contributed by atoms with Gasteiger partial charge in [0.1, 0.15) is 17.4 Å². The monoisotopic (exact) mass is 317 g/mol. The Morgan fingerprint density at radius 3 is 3.22 bits per heavy atom. The number of carbonyl (C=O) groups excluding carboxylic acids is 1. The third kappa shape index (κ3) is 4.09. The Morgan fingerprint density at radius 1 is 1.52 bits per heavy atom. The number of amides is 1. The van der Waals surface area contributed by atoms with Crippen molar-refractivity contribution in [2.75, 3.05) is 6.61 Å². The predicted molar refractivity (Wildman–Crippen MR) is 83.7 cm³/mol. The third-order valence-corrected chi connectivity index (χ3v) is 3.87. The van der Waals surface area contributed by atoms with Crippen molar-refractivity contribution in [2.45, 2.75) is 38.8 Å². The molecule has 0 fully saturated rings. The van der Waals surface area contributed by atoms with Crippen molar-refractivity contribution in [1.82, 2.24) is 14.9 Å². The van der Waals surface area contributed by atoms with Gasteiger partial charge in [-0.1, -0.05) is 6.07 Å². The van der Waals surface area contributed by atoms with Crippen LogP contribution in [0.4, 0.5) is 4.39 Å². The lowest BCUT2D eigenvalue weighted by Gasteiger charge is -2.24. The lowest BCUT2D eigenvalue weighted by atomic mass is 10.1. The summed E-state index contributed by atoms with van der Waals surface area (Å²) in [5.41, 5.74) is 1.01. The summed E-state index contributed by atoms with van der Waals surface area (Å²) in [7, 11) is 0. The van der Waals surface area contributed by atoms with Crippen molar-refractivity contribution in [2.24, 2.45) is 0 Å². The van der Waals surface area contributed by atoms with Crippen molar-refractivity contribution in [3.05, 3.63) is 47.8 Å². The van der Waals surface area contributed by atoms with E-state index in [-0.39, 0.29) is 30.8 Å². The molecule has 0 bridgehead atoms. The maximum absolute atomic E-state index is 13.0. The molecule has 1 aliphatic heterocycles. The summed E-state index contributed by atoms with van der Waals surface area (Å²) in [6, 6.07) is 6.04. The van der Waals surface area contributed by atoms with Gasteiger partial charge in [0.05, 0.1) is 18.7 Å². The van der Waals surface area contributed by atoms with E-state index in [2.05, 4.69) is 14.9 Å². The Kier molecular flexibility index (Phi) is 4.60. The van der Waals surface area contributed by atoms with Crippen molar-refractivity contribution in [1.29, 1.82) is 0 Å². The number of aryl methyl sites for hydroxylation is 2. The number of nitrogens with zero attached hydrogens (tertiary/aromatic N) is 2. The number of benzene rings is 1. The zero-order chi connectivity index (χ0) is 16.2. The molecule has 1 N–H and O–H groups in total. The van der Waals surface area contributed by atoms with Gasteiger partial charge < -0.3 is 14.6 Å². The number of carbonyl (C=O) groups is 1. The number of imidazole rings is 1. The minimum absolute atomic E-state index is 0.0494. The Bertz CT molecular complexity index is 699. The quantitative estimate of drug-likeness (QED) is 0.920. The maximum atomic E-state index is 13.0. The third-order valence-electron chi connectivity index (χ3n) is 3.87. The number of fused-ring (bicyclic) bond motifs is 1. The van der Waals surface area contributed by atoms with E-state index < -0.39 is 0 Å². The molecule has 0 radical (unpaired) electrons. The topological polar surface area (TPSA) is 56.2 Å². The Morgan fingerprint density at radius 2 is 2.39 bits per heavy atom. The summed E-state index contributed by atoms with van der Waals surface area (Å²) in [5.74, 6) is 1.13. The smallest absolute Gasteiger partial charge is 0.223 e. The van der Waals surface area contributed by atoms with Crippen LogP contribution in [0.15, 0.2) is 30.5 Å². The van der Waals surface area contributed by atoms with Crippen LogP contribution in [-0.4, -0.2) is 28.1 Å². The number of hydrogen-bond donors (Lipinski definition) is 1. The first kappa shape index (κ1) is 15.5. The standard InChI is InChI=1S/C17H20FN3O2/c1-12-10-21-11-14(5-6-16(21)19-12)20-17(22)7-8-23-15-4-2-3-13(18)9-15/h2-4,9-10,14H,5-8,11H2,1H3,(H,20,22)/t14-/m0/s1. The van der Waals surface area contributed by atoms with E-state index in [1.165, 1.54) is 12.1 Å². The van der Waals surface area contributed by atoms with E-state index in [4.69, 9.17) is 4.74 Å². The molecular weight excluding hydrogens is 297 g/mol. The van der Waals surface area contributed by atoms with Crippen LogP contribution in [0, 0.1) is 12.7 Å². The molecule has 0 saturated carbocycles. The number of aromatic nitrogens is 2. The van der Waals surface area contributed by atoms with Gasteiger partial charge in [-0.3, -0.25) is 4.79 Å². The molecule has 3 rings (SSSR count). The second kappa shape index (κ2) is 6.81. The fraction of sp³-hybridized carbons (Fsp3) is 0.412. The van der Waals surface area contributed by atoms with Crippen LogP contribution in [0.3, 0.4) is 0 Å². The first-order valence-electron chi connectivity index (χ1n) is 7.80. The van der Waals surface area contributed by atoms with E-state index in [1.54, 1.807) is 12.1 Å². The molecule has 5 nitrogen and oxygen atoms in total. The fourth-order valence-electron chi connectivity index (χ4n) is 2.82. The maximum Gasteiger partial charge on any atom is 0.223 e. The van der Waals surface area contributed by atoms with Crippen molar-refractivity contribution in [3.63, 3.8) is 0 Å². The van der Waals surface area contributed by atoms with Crippen molar-refractivity contribution < 1.29 is 13.9 Å². The van der Waals surface area contributed by atoms with Crippen molar-refractivity contribution in [3.8, 4) is 5.75 Å². The largest absolute Gasteiger partial charge is 0.493 e. The van der Waals surface area contributed by atoms with E-state index in [9.17, 15) is 9.18 Å². The van der Waals surface area contributed by atoms with Gasteiger partial charge in [0.25, 0.3) is 0 Å². The Balaban J connectivity index is 1.43. The highest BCUT2D eigenvalue weighted by molar-refractivity contribution is 5.76. The first-order valence-corrected chi connectivity index (χ1v) is 7.80. The molecular formula is C17H20FN3O2. The van der Waals surface area contributed by atoms with Gasteiger partial charge in [-0.05, 0) is 25.5 Å². The van der Waals surface area contributed by atoms with Crippen LogP contribution >= 0.6 is 0 Å². The summed E-state index contributed by atoms with van der Waals surface area (Å²) < 4.78 is 20.5. The molecule has 0 aliphatic carbocycles. The predicted octanol–water partition coefficient (Wildman–Crippen LogP) is 2.23. The van der Waals surface area contributed by atoms with Crippen molar-refractivity contribution >= 4 is 5.91 Å². The molecule has 0 spiro atoms. The molecule has 1 aromatic heterocycles. The lowest BCUT2D eigenvalue weighted by molar-refractivity contribution is -0.122. The summed E-state index contributed by atoms with van der Waals surface area (Å²) in [6.45, 7) is 2.97.